The largest absolute Gasteiger partial charge is 1.00 e. The van der Waals surface area contributed by atoms with Gasteiger partial charge in [-0.05, 0) is 82.4 Å². The van der Waals surface area contributed by atoms with Gasteiger partial charge in [-0.3, -0.25) is 38.2 Å². The second-order valence-corrected chi connectivity index (χ2v) is 20.0. The number of hydrogen-bond donors (Lipinski definition) is 3. The van der Waals surface area contributed by atoms with Crippen LogP contribution in [0.15, 0.2) is 138 Å². The van der Waals surface area contributed by atoms with Crippen molar-refractivity contribution in [1.29, 1.82) is 0 Å². The number of aliphatic hydroxyl groups excluding tert-OH is 1. The number of benzene rings is 3. The van der Waals surface area contributed by atoms with Crippen LogP contribution in [0.2, 0.25) is 0 Å². The number of carbonyl (C=O) groups excluding carboxylic acids is 4. The fourth-order valence-corrected chi connectivity index (χ4v) is 7.17. The summed E-state index contributed by atoms with van der Waals surface area (Å²) in [5.74, 6) is -3.10. The predicted molar refractivity (Wildman–Crippen MR) is 287 cm³/mol. The van der Waals surface area contributed by atoms with Gasteiger partial charge in [0.1, 0.15) is 0 Å². The summed E-state index contributed by atoms with van der Waals surface area (Å²) in [6.07, 6.45) is 10.1. The van der Waals surface area contributed by atoms with Crippen molar-refractivity contribution in [1.82, 2.24) is 33.4 Å². The van der Waals surface area contributed by atoms with Crippen LogP contribution in [0.5, 0.6) is 0 Å². The molecule has 0 fully saturated rings. The number of aryl methyl sites for hydroxylation is 3. The van der Waals surface area contributed by atoms with Crippen LogP contribution in [0.25, 0.3) is 66.7 Å². The summed E-state index contributed by atoms with van der Waals surface area (Å²) in [5, 5.41) is 13.0. The summed E-state index contributed by atoms with van der Waals surface area (Å²) >= 11 is 0. The average Bonchev–Trinajstić information content (AvgIpc) is 1.89. The first-order valence-corrected chi connectivity index (χ1v) is 26.2. The number of carbonyl (C=O) groups is 4. The number of rotatable bonds is 8. The summed E-state index contributed by atoms with van der Waals surface area (Å²) in [5.41, 5.74) is -1.50. The minimum Gasteiger partial charge on any atom is -0.793 e. The molecule has 0 atom stereocenters. The van der Waals surface area contributed by atoms with Crippen LogP contribution in [0.3, 0.4) is 0 Å². The number of halogens is 6. The normalized spacial score (nSPS) is 11.1. The smallest absolute Gasteiger partial charge is 0.793 e. The Balaban J connectivity index is 0.000000291. The predicted octanol–water partition coefficient (Wildman–Crippen LogP) is 2.28. The molecule has 6 heterocycles. The maximum absolute atomic E-state index is 12.5. The van der Waals surface area contributed by atoms with Crippen molar-refractivity contribution in [3.8, 4) is 33.4 Å². The topological polar surface area (TPSA) is 367 Å². The molecule has 36 heteroatoms. The number of nitrogens with one attached hydrogen (secondary N) is 1. The number of fused-ring (bicyclic) bond motifs is 3. The molecule has 0 aliphatic rings. The Morgan fingerprint density at radius 3 is 1.28 bits per heavy atom. The fraction of sp³-hybridized carbons (Fsp3) is 0.200. The molecule has 0 aliphatic heterocycles. The molecule has 0 amide bonds. The minimum absolute atomic E-state index is 0. The van der Waals surface area contributed by atoms with Gasteiger partial charge in [-0.25, -0.2) is 60.4 Å². The van der Waals surface area contributed by atoms with E-state index in [-0.39, 0.29) is 41.9 Å². The van der Waals surface area contributed by atoms with Crippen molar-refractivity contribution in [2.45, 2.75) is 44.9 Å². The molecule has 9 aromatic rings. The molecule has 3 radical (unpaired) electrons. The van der Waals surface area contributed by atoms with Gasteiger partial charge >= 0.3 is 89.8 Å². The fourth-order valence-electron chi connectivity index (χ4n) is 6.66. The number of primary sulfonamides is 1. The van der Waals surface area contributed by atoms with Crippen molar-refractivity contribution >= 4 is 85.6 Å². The van der Waals surface area contributed by atoms with Gasteiger partial charge in [-0.15, -0.1) is 0 Å². The third kappa shape index (κ3) is 19.5. The number of hydrogen-bond acceptors (Lipinski definition) is 21. The standard InChI is InChI=1S/C15H12F3N3O4S.C14H12N2O3.C14H10N2O3.C4H6O4.C2H3BO2.CH2F3NO2S.Na/c1-21-12-6-9(2-3-13(12)25-14(21)22)11-8-19-5-4-10(11)7-20-26(23,24)15(16,17)18;2*1-16-12-6-9(2-3-13(12)19-14(16)18)11-7-15-5-4-10(11)8-17;1-3(5)7-8-4(2)6;1-2(4)5-3;2-1(3,4)8(5,6)7;/h2-6,8,20H,7H2,1H3;2-7,17H,8H2,1H3;2-8H,1H3;1-2H3;1H3;(H2,5,6,7);/q;;;;-1;;+1. The van der Waals surface area contributed by atoms with E-state index >= 15 is 0 Å². The minimum atomic E-state index is -5.46. The first-order valence-electron chi connectivity index (χ1n) is 23.2. The van der Waals surface area contributed by atoms with Crippen LogP contribution in [0.1, 0.15) is 42.3 Å². The molecule has 4 N–H and O–H groups in total. The van der Waals surface area contributed by atoms with Gasteiger partial charge < -0.3 is 31.1 Å². The molecule has 3 aromatic carbocycles. The zero-order valence-electron chi connectivity index (χ0n) is 45.7. The molecule has 9 rings (SSSR count). The molecule has 26 nitrogen and oxygen atoms in total. The van der Waals surface area contributed by atoms with Crippen LogP contribution < -0.4 is 56.7 Å². The molecular formula is C50H45BF6N8NaO18S2. The van der Waals surface area contributed by atoms with Gasteiger partial charge in [0.05, 0.1) is 23.2 Å². The van der Waals surface area contributed by atoms with E-state index in [4.69, 9.17) is 13.3 Å². The van der Waals surface area contributed by atoms with E-state index in [1.165, 1.54) is 50.9 Å². The van der Waals surface area contributed by atoms with Gasteiger partial charge in [0.25, 0.3) is 0 Å². The van der Waals surface area contributed by atoms with Gasteiger partial charge in [-0.2, -0.15) is 26.3 Å². The van der Waals surface area contributed by atoms with E-state index < -0.39 is 67.0 Å². The maximum Gasteiger partial charge on any atom is 1.00 e. The SMILES string of the molecule is CC(=O)OOC(C)=O.Cn1c(=O)oc2ccc(-c3cnccc3C=O)cc21.Cn1c(=O)oc2ccc(-c3cnccc3CNS(=O)(=O)C(F)(F)F)cc21.Cn1c(=O)oc2ccc(-c3cnccc3CO)cc21.NS(=O)(=O)C(F)(F)F.[B-]OC(C)=O.[Na+]. The van der Waals surface area contributed by atoms with E-state index in [0.29, 0.717) is 50.0 Å². The molecule has 0 saturated heterocycles. The Labute approximate surface area is 503 Å². The molecule has 0 spiro atoms. The number of oxazole rings is 3. The average molecular weight is 1260 g/mol. The maximum atomic E-state index is 12.5. The first kappa shape index (κ1) is 71.7. The second kappa shape index (κ2) is 31.0. The van der Waals surface area contributed by atoms with Crippen LogP contribution in [0, 0.1) is 0 Å². The van der Waals surface area contributed by atoms with Crippen molar-refractivity contribution in [3.05, 3.63) is 158 Å². The molecule has 0 saturated carbocycles. The molecule has 0 bridgehead atoms. The number of aliphatic hydroxyl groups is 1. The van der Waals surface area contributed by atoms with E-state index in [0.717, 1.165) is 53.5 Å². The van der Waals surface area contributed by atoms with Crippen molar-refractivity contribution in [2.75, 3.05) is 0 Å². The Kier molecular flexibility index (Phi) is 25.8. The van der Waals surface area contributed by atoms with Gasteiger partial charge in [0, 0.05) is 108 Å². The van der Waals surface area contributed by atoms with E-state index in [1.54, 1.807) is 87.4 Å². The van der Waals surface area contributed by atoms with Crippen LogP contribution in [0.4, 0.5) is 26.3 Å². The van der Waals surface area contributed by atoms with Crippen LogP contribution >= 0.6 is 0 Å². The molecule has 451 valence electrons. The third-order valence-electron chi connectivity index (χ3n) is 10.8. The number of nitrogens with zero attached hydrogens (tertiary/aromatic N) is 6. The second-order valence-electron chi connectivity index (χ2n) is 16.7. The number of aromatic nitrogens is 6. The number of alkyl halides is 6. The van der Waals surface area contributed by atoms with E-state index in [9.17, 15) is 81.8 Å². The van der Waals surface area contributed by atoms with Crippen LogP contribution in [-0.4, -0.2) is 93.9 Å². The zero-order chi connectivity index (χ0) is 63.8. The Morgan fingerprint density at radius 1 is 0.616 bits per heavy atom. The van der Waals surface area contributed by atoms with Crippen molar-refractivity contribution in [3.63, 3.8) is 0 Å². The Hall–Kier alpha value is -8.58. The summed E-state index contributed by atoms with van der Waals surface area (Å²) in [6.45, 7) is 2.90. The summed E-state index contributed by atoms with van der Waals surface area (Å²) < 4.78 is 135. The summed E-state index contributed by atoms with van der Waals surface area (Å²) in [4.78, 5) is 94.3. The van der Waals surface area contributed by atoms with Crippen molar-refractivity contribution < 1.29 is 125 Å². The molecule has 6 aromatic heterocycles. The number of nitrogens with two attached hydrogens (primary N) is 1. The monoisotopic (exact) mass is 1260 g/mol. The number of pyridine rings is 3. The van der Waals surface area contributed by atoms with Gasteiger partial charge in [0.15, 0.2) is 23.0 Å². The van der Waals surface area contributed by atoms with E-state index in [1.807, 2.05) is 18.2 Å². The van der Waals surface area contributed by atoms with Crippen LogP contribution in [-0.2, 0) is 83.2 Å². The molecular weight excluding hydrogens is 1210 g/mol. The number of aldehydes is 1. The summed E-state index contributed by atoms with van der Waals surface area (Å²) in [7, 11) is -1.67. The molecule has 86 heavy (non-hydrogen) atoms. The van der Waals surface area contributed by atoms with Crippen molar-refractivity contribution in [2.24, 2.45) is 26.3 Å². The first-order chi connectivity index (χ1) is 39.7. The molecule has 0 aliphatic carbocycles. The van der Waals surface area contributed by atoms with Gasteiger partial charge in [-0.1, -0.05) is 18.2 Å². The zero-order valence-corrected chi connectivity index (χ0v) is 49.3. The quantitative estimate of drug-likeness (QED) is 0.0646. The number of sulfonamides is 2. The Bertz CT molecular complexity index is 4290. The molecule has 0 unspecified atom stereocenters. The van der Waals surface area contributed by atoms with E-state index in [2.05, 4.69) is 42.6 Å². The van der Waals surface area contributed by atoms with Gasteiger partial charge in [0.2, 0.25) is 5.97 Å². The Morgan fingerprint density at radius 2 is 0.953 bits per heavy atom. The summed E-state index contributed by atoms with van der Waals surface area (Å²) in [6, 6.07) is 20.4. The third-order valence-corrected chi connectivity index (χ3v) is 12.6.